The molecule has 1 aromatic carbocycles. The van der Waals surface area contributed by atoms with Crippen molar-refractivity contribution < 1.29 is 0 Å². The highest BCUT2D eigenvalue weighted by molar-refractivity contribution is 5.18. The first-order valence-corrected chi connectivity index (χ1v) is 7.61. The smallest absolute Gasteiger partial charge is 0.00980 e. The summed E-state index contributed by atoms with van der Waals surface area (Å²) >= 11 is 0. The quantitative estimate of drug-likeness (QED) is 0.825. The normalized spacial score (nSPS) is 31.7. The highest BCUT2D eigenvalue weighted by atomic mass is 14.9. The average Bonchev–Trinajstić information content (AvgIpc) is 3.02. The number of hydrogen-bond acceptors (Lipinski definition) is 1. The highest BCUT2D eigenvalue weighted by Crippen LogP contribution is 2.44. The Morgan fingerprint density at radius 2 is 2.00 bits per heavy atom. The van der Waals surface area contributed by atoms with Gasteiger partial charge in [0.15, 0.2) is 0 Å². The molecule has 0 aliphatic heterocycles. The summed E-state index contributed by atoms with van der Waals surface area (Å²) < 4.78 is 0. The van der Waals surface area contributed by atoms with E-state index in [2.05, 4.69) is 42.6 Å². The third-order valence-electron chi connectivity index (χ3n) is 5.09. The van der Waals surface area contributed by atoms with Crippen molar-refractivity contribution in [2.45, 2.75) is 51.0 Å². The van der Waals surface area contributed by atoms with Crippen LogP contribution in [0.2, 0.25) is 0 Å². The lowest BCUT2D eigenvalue weighted by atomic mass is 9.94. The number of nitrogens with one attached hydrogen (secondary N) is 1. The Labute approximate surface area is 111 Å². The minimum absolute atomic E-state index is 0.678. The summed E-state index contributed by atoms with van der Waals surface area (Å²) in [5.74, 6) is 2.73. The molecule has 0 aromatic heterocycles. The predicted molar refractivity (Wildman–Crippen MR) is 76.7 cm³/mol. The molecule has 1 N–H and O–H groups in total. The maximum absolute atomic E-state index is 3.81. The molecule has 2 aliphatic rings. The van der Waals surface area contributed by atoms with Gasteiger partial charge in [0.25, 0.3) is 0 Å². The maximum Gasteiger partial charge on any atom is 0.00980 e. The fraction of sp³-hybridized carbons (Fsp3) is 0.647. The van der Waals surface area contributed by atoms with Crippen LogP contribution in [0.3, 0.4) is 0 Å². The molecule has 4 atom stereocenters. The van der Waals surface area contributed by atoms with E-state index in [4.69, 9.17) is 0 Å². The molecule has 2 fully saturated rings. The van der Waals surface area contributed by atoms with Gasteiger partial charge in [-0.3, -0.25) is 0 Å². The van der Waals surface area contributed by atoms with Gasteiger partial charge in [-0.15, -0.1) is 0 Å². The largest absolute Gasteiger partial charge is 0.314 e. The second-order valence-corrected chi connectivity index (χ2v) is 6.34. The van der Waals surface area contributed by atoms with Crippen LogP contribution in [0.15, 0.2) is 30.3 Å². The summed E-state index contributed by atoms with van der Waals surface area (Å²) in [6.45, 7) is 3.53. The molecule has 18 heavy (non-hydrogen) atoms. The minimum atomic E-state index is 0.678. The molecule has 98 valence electrons. The fourth-order valence-electron chi connectivity index (χ4n) is 3.93. The molecule has 0 heterocycles. The Morgan fingerprint density at radius 3 is 2.67 bits per heavy atom. The third-order valence-corrected chi connectivity index (χ3v) is 5.09. The van der Waals surface area contributed by atoms with Gasteiger partial charge in [0.05, 0.1) is 0 Å². The van der Waals surface area contributed by atoms with E-state index in [0.717, 1.165) is 17.9 Å². The first kappa shape index (κ1) is 12.2. The van der Waals surface area contributed by atoms with Gasteiger partial charge >= 0.3 is 0 Å². The Balaban J connectivity index is 1.42. The second-order valence-electron chi connectivity index (χ2n) is 6.34. The summed E-state index contributed by atoms with van der Waals surface area (Å²) in [5, 5.41) is 3.81. The average molecular weight is 243 g/mol. The van der Waals surface area contributed by atoms with Crippen molar-refractivity contribution >= 4 is 0 Å². The molecule has 1 nitrogen and oxygen atoms in total. The Hall–Kier alpha value is -0.820. The van der Waals surface area contributed by atoms with Gasteiger partial charge in [-0.05, 0) is 55.5 Å². The van der Waals surface area contributed by atoms with E-state index in [1.807, 2.05) is 0 Å². The first-order chi connectivity index (χ1) is 8.83. The minimum Gasteiger partial charge on any atom is -0.314 e. The molecule has 4 unspecified atom stereocenters. The van der Waals surface area contributed by atoms with E-state index in [9.17, 15) is 0 Å². The summed E-state index contributed by atoms with van der Waals surface area (Å²) in [6.07, 6.45) is 7.20. The first-order valence-electron chi connectivity index (χ1n) is 7.61. The van der Waals surface area contributed by atoms with E-state index in [1.54, 1.807) is 0 Å². The number of hydrogen-bond donors (Lipinski definition) is 1. The van der Waals surface area contributed by atoms with Crippen LogP contribution < -0.4 is 5.32 Å². The highest BCUT2D eigenvalue weighted by Gasteiger charge is 2.38. The zero-order chi connectivity index (χ0) is 12.4. The van der Waals surface area contributed by atoms with Crippen molar-refractivity contribution in [1.29, 1.82) is 0 Å². The van der Waals surface area contributed by atoms with Crippen molar-refractivity contribution in [3.05, 3.63) is 35.9 Å². The Kier molecular flexibility index (Phi) is 3.69. The van der Waals surface area contributed by atoms with Gasteiger partial charge in [0.2, 0.25) is 0 Å². The number of rotatable bonds is 5. The molecule has 2 saturated carbocycles. The molecule has 2 aliphatic carbocycles. The van der Waals surface area contributed by atoms with Gasteiger partial charge in [-0.2, -0.15) is 0 Å². The van der Waals surface area contributed by atoms with Crippen molar-refractivity contribution in [1.82, 2.24) is 5.32 Å². The lowest BCUT2D eigenvalue weighted by molar-refractivity contribution is 0.348. The molecule has 0 amide bonds. The topological polar surface area (TPSA) is 12.0 Å². The summed E-state index contributed by atoms with van der Waals surface area (Å²) in [6, 6.07) is 11.7. The van der Waals surface area contributed by atoms with Gasteiger partial charge < -0.3 is 5.32 Å². The van der Waals surface area contributed by atoms with Crippen LogP contribution >= 0.6 is 0 Å². The van der Waals surface area contributed by atoms with Gasteiger partial charge in [0, 0.05) is 6.04 Å². The Morgan fingerprint density at radius 1 is 1.17 bits per heavy atom. The predicted octanol–water partition coefficient (Wildman–Crippen LogP) is 3.96. The molecular formula is C17H25N. The lowest BCUT2D eigenvalue weighted by Crippen LogP contribution is -2.34. The third kappa shape index (κ3) is 2.61. The fourth-order valence-corrected chi connectivity index (χ4v) is 3.93. The SMILES string of the molecule is CC(CCNC1CC2CCC1C2)c1ccccc1. The number of benzene rings is 1. The monoisotopic (exact) mass is 243 g/mol. The van der Waals surface area contributed by atoms with Crippen molar-refractivity contribution in [3.8, 4) is 0 Å². The molecule has 3 rings (SSSR count). The molecule has 0 radical (unpaired) electrons. The molecule has 0 saturated heterocycles. The van der Waals surface area contributed by atoms with E-state index >= 15 is 0 Å². The van der Waals surface area contributed by atoms with Crippen LogP contribution in [-0.4, -0.2) is 12.6 Å². The molecule has 1 heteroatoms. The second kappa shape index (κ2) is 5.44. The Bertz CT molecular complexity index is 372. The molecule has 0 spiro atoms. The van der Waals surface area contributed by atoms with Crippen LogP contribution in [0.4, 0.5) is 0 Å². The van der Waals surface area contributed by atoms with Gasteiger partial charge in [-0.1, -0.05) is 43.7 Å². The van der Waals surface area contributed by atoms with E-state index in [-0.39, 0.29) is 0 Å². The van der Waals surface area contributed by atoms with Crippen LogP contribution in [0.1, 0.15) is 50.5 Å². The summed E-state index contributed by atoms with van der Waals surface area (Å²) in [5.41, 5.74) is 1.48. The van der Waals surface area contributed by atoms with Gasteiger partial charge in [-0.25, -0.2) is 0 Å². The zero-order valence-electron chi connectivity index (χ0n) is 11.4. The summed E-state index contributed by atoms with van der Waals surface area (Å²) in [7, 11) is 0. The maximum atomic E-state index is 3.81. The van der Waals surface area contributed by atoms with Crippen LogP contribution in [0.25, 0.3) is 0 Å². The van der Waals surface area contributed by atoms with Crippen LogP contribution in [-0.2, 0) is 0 Å². The lowest BCUT2D eigenvalue weighted by Gasteiger charge is -2.23. The van der Waals surface area contributed by atoms with Crippen molar-refractivity contribution in [3.63, 3.8) is 0 Å². The van der Waals surface area contributed by atoms with Gasteiger partial charge in [0.1, 0.15) is 0 Å². The molecule has 1 aromatic rings. The number of fused-ring (bicyclic) bond motifs is 2. The zero-order valence-corrected chi connectivity index (χ0v) is 11.4. The van der Waals surface area contributed by atoms with Crippen molar-refractivity contribution in [2.75, 3.05) is 6.54 Å². The van der Waals surface area contributed by atoms with E-state index in [1.165, 1.54) is 44.2 Å². The van der Waals surface area contributed by atoms with Crippen LogP contribution in [0.5, 0.6) is 0 Å². The standard InChI is InChI=1S/C17H25N/c1-13(15-5-3-2-4-6-15)9-10-18-17-12-14-7-8-16(17)11-14/h2-6,13-14,16-18H,7-12H2,1H3. The van der Waals surface area contributed by atoms with E-state index in [0.29, 0.717) is 5.92 Å². The summed E-state index contributed by atoms with van der Waals surface area (Å²) in [4.78, 5) is 0. The molecule has 2 bridgehead atoms. The van der Waals surface area contributed by atoms with E-state index < -0.39 is 0 Å². The molecular weight excluding hydrogens is 218 g/mol. The van der Waals surface area contributed by atoms with Crippen molar-refractivity contribution in [2.24, 2.45) is 11.8 Å². The van der Waals surface area contributed by atoms with Crippen LogP contribution in [0, 0.1) is 11.8 Å².